The van der Waals surface area contributed by atoms with E-state index in [-0.39, 0.29) is 12.5 Å². The molecule has 0 aliphatic heterocycles. The number of aryl methyl sites for hydroxylation is 1. The standard InChI is InChI=1S/C24H30N6O3S/c1-12-17(22-28-19-16(34-22)8-10-25-18(19)13-5-6-13)21(29-23(26-12)27-15-3-2-4-15)30-24(33)9-7-14(11-31)20(24)32/h8,10,13-15,20,31-33H,2-7,9,11H2,1H3,(H2,26,27,29,30). The van der Waals surface area contributed by atoms with E-state index in [1.807, 2.05) is 19.2 Å². The molecule has 3 aromatic heterocycles. The lowest BCUT2D eigenvalue weighted by molar-refractivity contribution is -0.0545. The maximum atomic E-state index is 11.3. The first kappa shape index (κ1) is 22.1. The smallest absolute Gasteiger partial charge is 0.225 e. The molecule has 10 heteroatoms. The summed E-state index contributed by atoms with van der Waals surface area (Å²) in [5.74, 6) is 1.04. The van der Waals surface area contributed by atoms with Gasteiger partial charge in [0.25, 0.3) is 0 Å². The molecule has 0 amide bonds. The van der Waals surface area contributed by atoms with Crippen molar-refractivity contribution in [2.75, 3.05) is 17.2 Å². The number of aromatic nitrogens is 4. The molecule has 0 aromatic carbocycles. The second-order valence-corrected chi connectivity index (χ2v) is 11.0. The first-order chi connectivity index (χ1) is 16.4. The van der Waals surface area contributed by atoms with Gasteiger partial charge < -0.3 is 26.0 Å². The topological polar surface area (TPSA) is 136 Å². The van der Waals surface area contributed by atoms with Crippen molar-refractivity contribution in [1.29, 1.82) is 0 Å². The van der Waals surface area contributed by atoms with Gasteiger partial charge in [0.15, 0.2) is 5.72 Å². The van der Waals surface area contributed by atoms with Crippen LogP contribution in [0, 0.1) is 12.8 Å². The van der Waals surface area contributed by atoms with Crippen LogP contribution in [0.25, 0.3) is 20.8 Å². The summed E-state index contributed by atoms with van der Waals surface area (Å²) in [6.45, 7) is 1.75. The van der Waals surface area contributed by atoms with Crippen LogP contribution in [0.1, 0.15) is 62.3 Å². The van der Waals surface area contributed by atoms with E-state index >= 15 is 0 Å². The first-order valence-corrected chi connectivity index (χ1v) is 13.0. The summed E-state index contributed by atoms with van der Waals surface area (Å²) in [6, 6.07) is 2.34. The molecule has 3 saturated carbocycles. The molecule has 3 fully saturated rings. The molecule has 3 aromatic rings. The second kappa shape index (κ2) is 8.37. The zero-order valence-electron chi connectivity index (χ0n) is 19.2. The van der Waals surface area contributed by atoms with Gasteiger partial charge in [0.05, 0.1) is 21.7 Å². The molecule has 3 heterocycles. The Hall–Kier alpha value is -2.40. The van der Waals surface area contributed by atoms with Crippen LogP contribution in [0.3, 0.4) is 0 Å². The summed E-state index contributed by atoms with van der Waals surface area (Å²) >= 11 is 1.56. The Balaban J connectivity index is 1.43. The second-order valence-electron chi connectivity index (χ2n) is 9.94. The predicted octanol–water partition coefficient (Wildman–Crippen LogP) is 3.16. The Labute approximate surface area is 201 Å². The van der Waals surface area contributed by atoms with Crippen LogP contribution in [0.4, 0.5) is 11.8 Å². The minimum Gasteiger partial charge on any atom is -0.396 e. The summed E-state index contributed by atoms with van der Waals surface area (Å²) < 4.78 is 1.06. The summed E-state index contributed by atoms with van der Waals surface area (Å²) in [5, 5.41) is 38.9. The van der Waals surface area contributed by atoms with Crippen molar-refractivity contribution < 1.29 is 15.3 Å². The van der Waals surface area contributed by atoms with Crippen LogP contribution in [0.5, 0.6) is 0 Å². The van der Waals surface area contributed by atoms with Gasteiger partial charge >= 0.3 is 0 Å². The molecule has 3 unspecified atom stereocenters. The van der Waals surface area contributed by atoms with Crippen molar-refractivity contribution in [3.8, 4) is 10.6 Å². The lowest BCUT2D eigenvalue weighted by Gasteiger charge is -2.31. The normalized spacial score (nSPS) is 27.2. The third-order valence-electron chi connectivity index (χ3n) is 7.44. The molecule has 3 aliphatic carbocycles. The van der Waals surface area contributed by atoms with Crippen LogP contribution in [-0.4, -0.2) is 59.7 Å². The number of nitrogens with zero attached hydrogens (tertiary/aromatic N) is 4. The largest absolute Gasteiger partial charge is 0.396 e. The van der Waals surface area contributed by atoms with Gasteiger partial charge in [-0.3, -0.25) is 4.98 Å². The van der Waals surface area contributed by atoms with Crippen molar-refractivity contribution >= 4 is 33.3 Å². The molecular weight excluding hydrogens is 452 g/mol. The molecule has 34 heavy (non-hydrogen) atoms. The van der Waals surface area contributed by atoms with Gasteiger partial charge in [-0.1, -0.05) is 0 Å². The van der Waals surface area contributed by atoms with Crippen molar-refractivity contribution in [3.05, 3.63) is 23.7 Å². The maximum Gasteiger partial charge on any atom is 0.225 e. The number of thiazole rings is 1. The third-order valence-corrected chi connectivity index (χ3v) is 8.48. The van der Waals surface area contributed by atoms with Crippen LogP contribution >= 0.6 is 11.3 Å². The van der Waals surface area contributed by atoms with E-state index in [2.05, 4.69) is 15.6 Å². The monoisotopic (exact) mass is 482 g/mol. The lowest BCUT2D eigenvalue weighted by Crippen LogP contribution is -2.48. The molecule has 6 rings (SSSR count). The van der Waals surface area contributed by atoms with Crippen LogP contribution in [0.15, 0.2) is 12.3 Å². The highest BCUT2D eigenvalue weighted by Gasteiger charge is 2.47. The minimum atomic E-state index is -1.59. The SMILES string of the molecule is Cc1nc(NC2CCC2)nc(NC2(O)CCC(CO)C2O)c1-c1nc2c(C3CC3)nccc2s1. The van der Waals surface area contributed by atoms with Gasteiger partial charge in [-0.15, -0.1) is 11.3 Å². The van der Waals surface area contributed by atoms with Gasteiger partial charge in [-0.05, 0) is 57.9 Å². The number of rotatable bonds is 7. The third kappa shape index (κ3) is 3.82. The number of aliphatic hydroxyl groups excluding tert-OH is 2. The van der Waals surface area contributed by atoms with E-state index < -0.39 is 11.8 Å². The Kier molecular flexibility index (Phi) is 5.44. The van der Waals surface area contributed by atoms with Gasteiger partial charge in [-0.2, -0.15) is 4.98 Å². The van der Waals surface area contributed by atoms with Crippen molar-refractivity contribution in [2.45, 2.75) is 75.7 Å². The Morgan fingerprint density at radius 2 is 1.97 bits per heavy atom. The van der Waals surface area contributed by atoms with Gasteiger partial charge in [0, 0.05) is 30.7 Å². The highest BCUT2D eigenvalue weighted by atomic mass is 32.1. The number of nitrogens with one attached hydrogen (secondary N) is 2. The number of aliphatic hydroxyl groups is 3. The fourth-order valence-electron chi connectivity index (χ4n) is 4.99. The molecule has 180 valence electrons. The fourth-order valence-corrected chi connectivity index (χ4v) is 6.06. The molecule has 9 nitrogen and oxygen atoms in total. The van der Waals surface area contributed by atoms with Crippen molar-refractivity contribution in [2.24, 2.45) is 5.92 Å². The average molecular weight is 483 g/mol. The summed E-state index contributed by atoms with van der Waals surface area (Å²) in [7, 11) is 0. The van der Waals surface area contributed by atoms with Gasteiger partial charge in [0.1, 0.15) is 22.4 Å². The number of anilines is 2. The molecule has 0 spiro atoms. The molecule has 0 saturated heterocycles. The molecule has 0 radical (unpaired) electrons. The van der Waals surface area contributed by atoms with E-state index in [4.69, 9.17) is 15.0 Å². The summed E-state index contributed by atoms with van der Waals surface area (Å²) in [4.78, 5) is 19.0. The molecule has 3 atom stereocenters. The Morgan fingerprint density at radius 3 is 2.65 bits per heavy atom. The quantitative estimate of drug-likeness (QED) is 0.322. The van der Waals surface area contributed by atoms with E-state index in [0.717, 1.165) is 57.9 Å². The number of fused-ring (bicyclic) bond motifs is 1. The van der Waals surface area contributed by atoms with Crippen LogP contribution in [-0.2, 0) is 0 Å². The molecule has 5 N–H and O–H groups in total. The average Bonchev–Trinajstić information content (AvgIpc) is 3.47. The van der Waals surface area contributed by atoms with Crippen LogP contribution in [0.2, 0.25) is 0 Å². The van der Waals surface area contributed by atoms with Gasteiger partial charge in [-0.25, -0.2) is 9.97 Å². The fraction of sp³-hybridized carbons (Fsp3) is 0.583. The summed E-state index contributed by atoms with van der Waals surface area (Å²) in [5.41, 5.74) is 1.84. The molecule has 0 bridgehead atoms. The zero-order chi connectivity index (χ0) is 23.4. The maximum absolute atomic E-state index is 11.3. The van der Waals surface area contributed by atoms with Crippen LogP contribution < -0.4 is 10.6 Å². The predicted molar refractivity (Wildman–Crippen MR) is 131 cm³/mol. The first-order valence-electron chi connectivity index (χ1n) is 12.2. The Bertz CT molecular complexity index is 1230. The lowest BCUT2D eigenvalue weighted by atomic mass is 9.93. The van der Waals surface area contributed by atoms with E-state index in [9.17, 15) is 15.3 Å². The van der Waals surface area contributed by atoms with E-state index in [1.165, 1.54) is 6.42 Å². The number of hydrogen-bond donors (Lipinski definition) is 5. The van der Waals surface area contributed by atoms with Crippen molar-refractivity contribution in [3.63, 3.8) is 0 Å². The number of pyridine rings is 1. The molecule has 3 aliphatic rings. The van der Waals surface area contributed by atoms with Gasteiger partial charge in [0.2, 0.25) is 5.95 Å². The zero-order valence-corrected chi connectivity index (χ0v) is 20.0. The van der Waals surface area contributed by atoms with E-state index in [0.29, 0.717) is 36.6 Å². The molecular formula is C24H30N6O3S. The highest BCUT2D eigenvalue weighted by Crippen LogP contribution is 2.45. The summed E-state index contributed by atoms with van der Waals surface area (Å²) in [6.07, 6.45) is 7.22. The minimum absolute atomic E-state index is 0.176. The van der Waals surface area contributed by atoms with E-state index in [1.54, 1.807) is 11.3 Å². The van der Waals surface area contributed by atoms with Crippen molar-refractivity contribution in [1.82, 2.24) is 19.9 Å². The number of hydrogen-bond acceptors (Lipinski definition) is 10. The Morgan fingerprint density at radius 1 is 1.15 bits per heavy atom. The highest BCUT2D eigenvalue weighted by molar-refractivity contribution is 7.21.